The van der Waals surface area contributed by atoms with E-state index in [1.165, 1.54) is 17.0 Å². The minimum absolute atomic E-state index is 0.0671. The van der Waals surface area contributed by atoms with Crippen molar-refractivity contribution in [2.75, 3.05) is 26.9 Å². The maximum Gasteiger partial charge on any atom is 0.257 e. The van der Waals surface area contributed by atoms with Crippen LogP contribution in [0.1, 0.15) is 22.8 Å². The van der Waals surface area contributed by atoms with Crippen LogP contribution in [0.2, 0.25) is 5.02 Å². The van der Waals surface area contributed by atoms with Gasteiger partial charge in [-0.15, -0.1) is 0 Å². The fourth-order valence-corrected chi connectivity index (χ4v) is 2.54. The first-order valence-corrected chi connectivity index (χ1v) is 8.40. The molecule has 0 saturated heterocycles. The Morgan fingerprint density at radius 2 is 1.92 bits per heavy atom. The smallest absolute Gasteiger partial charge is 0.257 e. The van der Waals surface area contributed by atoms with Crippen LogP contribution in [0, 0.1) is 5.82 Å². The summed E-state index contributed by atoms with van der Waals surface area (Å²) in [5, 5.41) is 0.292. The first kappa shape index (κ1) is 19.2. The summed E-state index contributed by atoms with van der Waals surface area (Å²) in [5.41, 5.74) is 0.698. The Morgan fingerprint density at radius 1 is 1.16 bits per heavy atom. The number of carbonyl (C=O) groups is 1. The van der Waals surface area contributed by atoms with Gasteiger partial charge in [-0.3, -0.25) is 4.79 Å². The van der Waals surface area contributed by atoms with Crippen LogP contribution in [0.3, 0.4) is 0 Å². The largest absolute Gasteiger partial charge is 0.490 e. The average Bonchev–Trinajstić information content (AvgIpc) is 2.61. The van der Waals surface area contributed by atoms with E-state index in [0.717, 1.165) is 0 Å². The lowest BCUT2D eigenvalue weighted by molar-refractivity contribution is 0.0773. The van der Waals surface area contributed by atoms with Crippen LogP contribution in [0.5, 0.6) is 5.75 Å². The number of ether oxygens (including phenoxy) is 2. The van der Waals surface area contributed by atoms with Gasteiger partial charge >= 0.3 is 0 Å². The first-order chi connectivity index (χ1) is 12.0. The molecule has 0 spiro atoms. The zero-order valence-corrected chi connectivity index (χ0v) is 15.1. The molecule has 0 aliphatic carbocycles. The van der Waals surface area contributed by atoms with Crippen LogP contribution in [-0.2, 0) is 11.3 Å². The van der Waals surface area contributed by atoms with Crippen molar-refractivity contribution in [2.45, 2.75) is 13.5 Å². The van der Waals surface area contributed by atoms with Gasteiger partial charge in [0.1, 0.15) is 18.2 Å². The van der Waals surface area contributed by atoms with Crippen LogP contribution in [0.4, 0.5) is 4.39 Å². The van der Waals surface area contributed by atoms with E-state index in [1.807, 2.05) is 6.92 Å². The van der Waals surface area contributed by atoms with Gasteiger partial charge in [0.2, 0.25) is 0 Å². The van der Waals surface area contributed by atoms with Gasteiger partial charge in [0, 0.05) is 30.8 Å². The van der Waals surface area contributed by atoms with Crippen molar-refractivity contribution in [3.8, 4) is 5.75 Å². The van der Waals surface area contributed by atoms with Gasteiger partial charge in [0.15, 0.2) is 0 Å². The molecule has 0 aromatic heterocycles. The van der Waals surface area contributed by atoms with Crippen molar-refractivity contribution in [1.29, 1.82) is 0 Å². The average molecular weight is 366 g/mol. The topological polar surface area (TPSA) is 38.8 Å². The van der Waals surface area contributed by atoms with Crippen LogP contribution >= 0.6 is 11.6 Å². The summed E-state index contributed by atoms with van der Waals surface area (Å²) in [6.45, 7) is 3.37. The lowest BCUT2D eigenvalue weighted by Crippen LogP contribution is -2.27. The van der Waals surface area contributed by atoms with Crippen molar-refractivity contribution < 1.29 is 18.7 Å². The van der Waals surface area contributed by atoms with Gasteiger partial charge in [-0.25, -0.2) is 4.39 Å². The van der Waals surface area contributed by atoms with E-state index in [-0.39, 0.29) is 18.0 Å². The molecule has 0 heterocycles. The summed E-state index contributed by atoms with van der Waals surface area (Å²) in [6, 6.07) is 11.4. The standard InChI is InChI=1S/C19H21ClFNO3/c1-3-24-11-12-25-18-10-5-4-7-14(18)19(23)22(2)13-15-16(20)8-6-9-17(15)21/h4-10H,3,11-13H2,1-2H3. The second-order valence-corrected chi connectivity index (χ2v) is 5.81. The van der Waals surface area contributed by atoms with E-state index in [9.17, 15) is 9.18 Å². The van der Waals surface area contributed by atoms with Crippen LogP contribution < -0.4 is 4.74 Å². The molecule has 0 radical (unpaired) electrons. The monoisotopic (exact) mass is 365 g/mol. The summed E-state index contributed by atoms with van der Waals surface area (Å²) in [7, 11) is 1.60. The fraction of sp³-hybridized carbons (Fsp3) is 0.316. The molecule has 0 saturated carbocycles. The number of hydrogen-bond acceptors (Lipinski definition) is 3. The molecule has 0 unspecified atom stereocenters. The zero-order valence-electron chi connectivity index (χ0n) is 14.3. The van der Waals surface area contributed by atoms with E-state index in [1.54, 1.807) is 37.4 Å². The van der Waals surface area contributed by atoms with Crippen LogP contribution in [-0.4, -0.2) is 37.7 Å². The van der Waals surface area contributed by atoms with Gasteiger partial charge < -0.3 is 14.4 Å². The number of para-hydroxylation sites is 1. The summed E-state index contributed by atoms with van der Waals surface area (Å²) in [5.74, 6) is -0.238. The number of halogens is 2. The maximum absolute atomic E-state index is 13.9. The molecule has 0 bridgehead atoms. The van der Waals surface area contributed by atoms with Gasteiger partial charge in [-0.2, -0.15) is 0 Å². The fourth-order valence-electron chi connectivity index (χ4n) is 2.32. The van der Waals surface area contributed by atoms with Gasteiger partial charge in [-0.1, -0.05) is 29.8 Å². The molecular formula is C19H21ClFNO3. The summed E-state index contributed by atoms with van der Waals surface area (Å²) >= 11 is 6.04. The number of amides is 1. The summed E-state index contributed by atoms with van der Waals surface area (Å²) < 4.78 is 24.8. The predicted octanol–water partition coefficient (Wildman–Crippen LogP) is 4.17. The molecule has 4 nitrogen and oxygen atoms in total. The van der Waals surface area contributed by atoms with Crippen molar-refractivity contribution in [2.24, 2.45) is 0 Å². The number of nitrogens with zero attached hydrogens (tertiary/aromatic N) is 1. The maximum atomic E-state index is 13.9. The highest BCUT2D eigenvalue weighted by molar-refractivity contribution is 6.31. The van der Waals surface area contributed by atoms with E-state index in [2.05, 4.69) is 0 Å². The Balaban J connectivity index is 2.11. The Bertz CT molecular complexity index is 703. The highest BCUT2D eigenvalue weighted by Crippen LogP contribution is 2.23. The Kier molecular flexibility index (Phi) is 7.22. The molecule has 0 atom stereocenters. The van der Waals surface area contributed by atoms with E-state index >= 15 is 0 Å². The van der Waals surface area contributed by atoms with Crippen molar-refractivity contribution in [1.82, 2.24) is 4.90 Å². The lowest BCUT2D eigenvalue weighted by Gasteiger charge is -2.20. The molecule has 0 N–H and O–H groups in total. The number of carbonyl (C=O) groups excluding carboxylic acids is 1. The van der Waals surface area contributed by atoms with Gasteiger partial charge in [-0.05, 0) is 31.2 Å². The molecule has 2 aromatic rings. The molecule has 0 fully saturated rings. The number of hydrogen-bond donors (Lipinski definition) is 0. The van der Waals surface area contributed by atoms with E-state index in [4.69, 9.17) is 21.1 Å². The zero-order chi connectivity index (χ0) is 18.2. The lowest BCUT2D eigenvalue weighted by atomic mass is 10.1. The van der Waals surface area contributed by atoms with Crippen molar-refractivity contribution in [3.63, 3.8) is 0 Å². The highest BCUT2D eigenvalue weighted by Gasteiger charge is 2.19. The molecule has 134 valence electrons. The molecule has 25 heavy (non-hydrogen) atoms. The third kappa shape index (κ3) is 5.18. The molecule has 2 aromatic carbocycles. The second kappa shape index (κ2) is 9.39. The third-order valence-electron chi connectivity index (χ3n) is 3.61. The van der Waals surface area contributed by atoms with E-state index in [0.29, 0.717) is 36.2 Å². The molecule has 0 aliphatic heterocycles. The van der Waals surface area contributed by atoms with E-state index < -0.39 is 5.82 Å². The Labute approximate surface area is 152 Å². The number of benzene rings is 2. The van der Waals surface area contributed by atoms with Gasteiger partial charge in [0.05, 0.1) is 12.2 Å². The normalized spacial score (nSPS) is 10.6. The first-order valence-electron chi connectivity index (χ1n) is 8.02. The van der Waals surface area contributed by atoms with Gasteiger partial charge in [0.25, 0.3) is 5.91 Å². The molecule has 1 amide bonds. The molecule has 6 heteroatoms. The Hall–Kier alpha value is -2.11. The molecular weight excluding hydrogens is 345 g/mol. The number of rotatable bonds is 8. The molecule has 2 rings (SSSR count). The Morgan fingerprint density at radius 3 is 2.64 bits per heavy atom. The minimum Gasteiger partial charge on any atom is -0.490 e. The van der Waals surface area contributed by atoms with Crippen molar-refractivity contribution in [3.05, 3.63) is 64.4 Å². The second-order valence-electron chi connectivity index (χ2n) is 5.40. The SMILES string of the molecule is CCOCCOc1ccccc1C(=O)N(C)Cc1c(F)cccc1Cl. The summed E-state index contributed by atoms with van der Waals surface area (Å²) in [4.78, 5) is 14.1. The predicted molar refractivity (Wildman–Crippen MR) is 95.6 cm³/mol. The molecule has 0 aliphatic rings. The highest BCUT2D eigenvalue weighted by atomic mass is 35.5. The van der Waals surface area contributed by atoms with Crippen LogP contribution in [0.25, 0.3) is 0 Å². The minimum atomic E-state index is -0.437. The van der Waals surface area contributed by atoms with Crippen molar-refractivity contribution >= 4 is 17.5 Å². The quantitative estimate of drug-likeness (QED) is 0.659. The summed E-state index contributed by atoms with van der Waals surface area (Å²) in [6.07, 6.45) is 0. The third-order valence-corrected chi connectivity index (χ3v) is 3.96. The van der Waals surface area contributed by atoms with Crippen LogP contribution in [0.15, 0.2) is 42.5 Å².